The van der Waals surface area contributed by atoms with Gasteiger partial charge in [-0.15, -0.1) is 0 Å². The van der Waals surface area contributed by atoms with Crippen molar-refractivity contribution in [2.24, 2.45) is 0 Å². The van der Waals surface area contributed by atoms with Gasteiger partial charge in [-0.2, -0.15) is 0 Å². The van der Waals surface area contributed by atoms with Gasteiger partial charge >= 0.3 is 11.5 Å². The molecule has 0 bridgehead atoms. The largest absolute Gasteiger partial charge is 0.329 e. The quantitative estimate of drug-likeness (QED) is 0.297. The second kappa shape index (κ2) is 11.8. The summed E-state index contributed by atoms with van der Waals surface area (Å²) in [4.78, 5) is 0. The summed E-state index contributed by atoms with van der Waals surface area (Å²) < 4.78 is 5.75. The zero-order valence-electron chi connectivity index (χ0n) is 14.5. The predicted molar refractivity (Wildman–Crippen MR) is 92.8 cm³/mol. The van der Waals surface area contributed by atoms with Crippen LogP contribution in [0.2, 0.25) is 0 Å². The third-order valence-electron chi connectivity index (χ3n) is 4.14. The lowest BCUT2D eigenvalue weighted by Gasteiger charge is -2.01. The van der Waals surface area contributed by atoms with E-state index in [2.05, 4.69) is 26.0 Å². The van der Waals surface area contributed by atoms with Crippen LogP contribution in [0, 0.1) is 13.8 Å². The maximum atomic E-state index is 5.75. The topological polar surface area (TPSA) is 11.3 Å². The van der Waals surface area contributed by atoms with Crippen molar-refractivity contribution >= 4 is 0 Å². The summed E-state index contributed by atoms with van der Waals surface area (Å²) in [7, 11) is 0. The van der Waals surface area contributed by atoms with E-state index in [-0.39, 0.29) is 0 Å². The van der Waals surface area contributed by atoms with Crippen LogP contribution in [-0.4, -0.2) is 0 Å². The minimum Gasteiger partial charge on any atom is -0.218 e. The van der Waals surface area contributed by atoms with E-state index in [1.54, 1.807) is 0 Å². The Bertz CT molecular complexity index is 350. The highest BCUT2D eigenvalue weighted by Crippen LogP contribution is 2.14. The van der Waals surface area contributed by atoms with E-state index in [1.807, 2.05) is 6.92 Å². The van der Waals surface area contributed by atoms with Gasteiger partial charge < -0.3 is 0 Å². The third-order valence-corrected chi connectivity index (χ3v) is 4.14. The van der Waals surface area contributed by atoms with Crippen LogP contribution in [0.25, 0.3) is 0 Å². The van der Waals surface area contributed by atoms with Gasteiger partial charge in [-0.3, -0.25) is 0 Å². The van der Waals surface area contributed by atoms with Crippen molar-refractivity contribution in [3.05, 3.63) is 29.2 Å². The molecule has 0 unspecified atom stereocenters. The first kappa shape index (κ1) is 18.2. The van der Waals surface area contributed by atoms with Crippen LogP contribution < -0.4 is 0 Å². The Balaban J connectivity index is 1.93. The molecular formula is C20H35O+. The molecule has 0 atom stereocenters. The Morgan fingerprint density at radius 3 is 1.76 bits per heavy atom. The highest BCUT2D eigenvalue weighted by atomic mass is 16.3. The number of unbranched alkanes of at least 4 members (excludes halogenated alkanes) is 10. The first-order valence-corrected chi connectivity index (χ1v) is 9.12. The molecule has 0 aliphatic heterocycles. The molecule has 1 aromatic heterocycles. The van der Waals surface area contributed by atoms with Gasteiger partial charge in [0, 0.05) is 12.1 Å². The Kier molecular flexibility index (Phi) is 10.2. The van der Waals surface area contributed by atoms with Gasteiger partial charge in [0.15, 0.2) is 0 Å². The number of rotatable bonds is 12. The van der Waals surface area contributed by atoms with Gasteiger partial charge in [-0.25, -0.2) is 4.42 Å². The summed E-state index contributed by atoms with van der Waals surface area (Å²) in [6.07, 6.45) is 16.5. The van der Waals surface area contributed by atoms with Crippen LogP contribution in [0.4, 0.5) is 0 Å². The Morgan fingerprint density at radius 1 is 0.714 bits per heavy atom. The average Bonchev–Trinajstić information content (AvgIpc) is 2.44. The Labute approximate surface area is 132 Å². The SMILES string of the molecule is CCCCCCCCCCCCCc1cc(C)cc(C)[o+]1. The molecule has 0 radical (unpaired) electrons. The molecule has 120 valence electrons. The molecule has 0 saturated heterocycles. The molecule has 0 aliphatic carbocycles. The molecule has 1 heterocycles. The lowest BCUT2D eigenvalue weighted by Crippen LogP contribution is -1.89. The van der Waals surface area contributed by atoms with Gasteiger partial charge in [0.1, 0.15) is 0 Å². The Morgan fingerprint density at radius 2 is 1.24 bits per heavy atom. The second-order valence-electron chi connectivity index (χ2n) is 6.50. The first-order valence-electron chi connectivity index (χ1n) is 9.12. The van der Waals surface area contributed by atoms with Crippen molar-refractivity contribution in [3.8, 4) is 0 Å². The molecule has 1 rings (SSSR count). The molecule has 0 fully saturated rings. The van der Waals surface area contributed by atoms with Crippen LogP contribution in [-0.2, 0) is 6.42 Å². The summed E-state index contributed by atoms with van der Waals surface area (Å²) in [6, 6.07) is 4.29. The van der Waals surface area contributed by atoms with Crippen LogP contribution in [0.3, 0.4) is 0 Å². The van der Waals surface area contributed by atoms with E-state index in [4.69, 9.17) is 4.42 Å². The van der Waals surface area contributed by atoms with Crippen LogP contribution in [0.5, 0.6) is 0 Å². The van der Waals surface area contributed by atoms with Crippen molar-refractivity contribution in [3.63, 3.8) is 0 Å². The number of hydrogen-bond donors (Lipinski definition) is 0. The smallest absolute Gasteiger partial charge is 0.218 e. The lowest BCUT2D eigenvalue weighted by molar-refractivity contribution is 0.451. The minimum atomic E-state index is 1.04. The van der Waals surface area contributed by atoms with Gasteiger partial charge in [0.2, 0.25) is 0 Å². The fourth-order valence-electron chi connectivity index (χ4n) is 2.97. The lowest BCUT2D eigenvalue weighted by atomic mass is 10.0. The van der Waals surface area contributed by atoms with Crippen molar-refractivity contribution in [1.29, 1.82) is 0 Å². The van der Waals surface area contributed by atoms with E-state index >= 15 is 0 Å². The molecule has 0 N–H and O–H groups in total. The van der Waals surface area contributed by atoms with Crippen molar-refractivity contribution in [2.45, 2.75) is 97.8 Å². The molecule has 21 heavy (non-hydrogen) atoms. The summed E-state index contributed by atoms with van der Waals surface area (Å²) in [6.45, 7) is 6.47. The summed E-state index contributed by atoms with van der Waals surface area (Å²) in [5.41, 5.74) is 1.32. The zero-order valence-corrected chi connectivity index (χ0v) is 14.5. The van der Waals surface area contributed by atoms with Crippen LogP contribution in [0.1, 0.15) is 94.6 Å². The molecule has 1 aromatic rings. The van der Waals surface area contributed by atoms with Crippen LogP contribution >= 0.6 is 0 Å². The van der Waals surface area contributed by atoms with E-state index in [0.29, 0.717) is 0 Å². The zero-order chi connectivity index (χ0) is 15.3. The molecular weight excluding hydrogens is 256 g/mol. The minimum absolute atomic E-state index is 1.04. The standard InChI is InChI=1S/C20H35O/c1-4-5-6-7-8-9-10-11-12-13-14-15-20-17-18(2)16-19(3)21-20/h16-17H,4-15H2,1-3H3/q+1. The molecule has 0 amide bonds. The molecule has 0 spiro atoms. The average molecular weight is 291 g/mol. The van der Waals surface area contributed by atoms with Crippen molar-refractivity contribution < 1.29 is 4.42 Å². The maximum Gasteiger partial charge on any atom is 0.329 e. The van der Waals surface area contributed by atoms with E-state index < -0.39 is 0 Å². The van der Waals surface area contributed by atoms with Crippen LogP contribution in [0.15, 0.2) is 16.5 Å². The highest BCUT2D eigenvalue weighted by Gasteiger charge is 2.10. The Hall–Kier alpha value is -0.850. The molecule has 1 nitrogen and oxygen atoms in total. The normalized spacial score (nSPS) is 11.0. The molecule has 1 heteroatoms. The van der Waals surface area contributed by atoms with E-state index in [9.17, 15) is 0 Å². The second-order valence-corrected chi connectivity index (χ2v) is 6.50. The predicted octanol–water partition coefficient (Wildman–Crippen LogP) is 7.03. The van der Waals surface area contributed by atoms with E-state index in [1.165, 1.54) is 76.2 Å². The summed E-state index contributed by atoms with van der Waals surface area (Å²) >= 11 is 0. The van der Waals surface area contributed by atoms with Crippen molar-refractivity contribution in [1.82, 2.24) is 0 Å². The molecule has 0 aromatic carbocycles. The fraction of sp³-hybridized carbons (Fsp3) is 0.750. The molecule has 0 saturated carbocycles. The summed E-state index contributed by atoms with van der Waals surface area (Å²) in [5.74, 6) is 2.19. The van der Waals surface area contributed by atoms with Gasteiger partial charge in [0.25, 0.3) is 0 Å². The fourth-order valence-corrected chi connectivity index (χ4v) is 2.97. The first-order chi connectivity index (χ1) is 10.2. The monoisotopic (exact) mass is 291 g/mol. The molecule has 0 aliphatic rings. The van der Waals surface area contributed by atoms with E-state index in [0.717, 1.165) is 17.9 Å². The maximum absolute atomic E-state index is 5.75. The van der Waals surface area contributed by atoms with Gasteiger partial charge in [0.05, 0.1) is 13.3 Å². The van der Waals surface area contributed by atoms with Gasteiger partial charge in [-0.05, 0) is 18.9 Å². The van der Waals surface area contributed by atoms with Gasteiger partial charge in [-0.1, -0.05) is 71.1 Å². The number of hydrogen-bond acceptors (Lipinski definition) is 0. The third kappa shape index (κ3) is 9.66. The number of aryl methyl sites for hydroxylation is 3. The summed E-state index contributed by atoms with van der Waals surface area (Å²) in [5, 5.41) is 0. The van der Waals surface area contributed by atoms with Crippen molar-refractivity contribution in [2.75, 3.05) is 0 Å². The highest BCUT2D eigenvalue weighted by molar-refractivity contribution is 5.15.